The van der Waals surface area contributed by atoms with Crippen LogP contribution in [0.1, 0.15) is 335 Å². The van der Waals surface area contributed by atoms with Gasteiger partial charge in [0.05, 0.1) is 0 Å². The minimum atomic E-state index is -0.774. The smallest absolute Gasteiger partial charge is 0.306 e. The first-order valence-corrected chi connectivity index (χ1v) is 31.6. The monoisotopic (exact) mass is 1010 g/mol. The summed E-state index contributed by atoms with van der Waals surface area (Å²) in [5.74, 6) is -0.865. The van der Waals surface area contributed by atoms with Crippen molar-refractivity contribution in [2.24, 2.45) is 0 Å². The molecular formula is C66H120O6. The summed E-state index contributed by atoms with van der Waals surface area (Å²) in [7, 11) is 0. The van der Waals surface area contributed by atoms with E-state index in [-0.39, 0.29) is 31.1 Å². The lowest BCUT2D eigenvalue weighted by atomic mass is 10.0. The highest BCUT2D eigenvalue weighted by atomic mass is 16.6. The van der Waals surface area contributed by atoms with Crippen LogP contribution in [0.5, 0.6) is 0 Å². The van der Waals surface area contributed by atoms with E-state index < -0.39 is 6.10 Å². The molecule has 6 nitrogen and oxygen atoms in total. The lowest BCUT2D eigenvalue weighted by Gasteiger charge is -2.18. The van der Waals surface area contributed by atoms with Crippen molar-refractivity contribution < 1.29 is 28.6 Å². The van der Waals surface area contributed by atoms with Crippen LogP contribution in [0.15, 0.2) is 48.6 Å². The second-order valence-electron chi connectivity index (χ2n) is 21.3. The third-order valence-corrected chi connectivity index (χ3v) is 14.1. The van der Waals surface area contributed by atoms with E-state index in [9.17, 15) is 14.4 Å². The maximum atomic E-state index is 12.8. The first-order chi connectivity index (χ1) is 35.5. The van der Waals surface area contributed by atoms with Gasteiger partial charge in [-0.15, -0.1) is 0 Å². The first-order valence-electron chi connectivity index (χ1n) is 31.6. The van der Waals surface area contributed by atoms with E-state index in [1.807, 2.05) is 0 Å². The highest BCUT2D eigenvalue weighted by Crippen LogP contribution is 2.17. The van der Waals surface area contributed by atoms with E-state index in [4.69, 9.17) is 14.2 Å². The zero-order valence-corrected chi connectivity index (χ0v) is 48.2. The molecule has 0 aliphatic carbocycles. The van der Waals surface area contributed by atoms with Crippen molar-refractivity contribution in [3.63, 3.8) is 0 Å². The molecule has 0 saturated heterocycles. The minimum Gasteiger partial charge on any atom is -0.462 e. The molecule has 0 radical (unpaired) electrons. The van der Waals surface area contributed by atoms with Crippen molar-refractivity contribution in [2.75, 3.05) is 13.2 Å². The van der Waals surface area contributed by atoms with Crippen molar-refractivity contribution in [2.45, 2.75) is 341 Å². The summed E-state index contributed by atoms with van der Waals surface area (Å²) in [6.07, 6.45) is 75.5. The molecule has 0 aliphatic rings. The van der Waals surface area contributed by atoms with Gasteiger partial charge in [0.2, 0.25) is 0 Å². The lowest BCUT2D eigenvalue weighted by molar-refractivity contribution is -0.167. The third-order valence-electron chi connectivity index (χ3n) is 14.1. The van der Waals surface area contributed by atoms with Crippen molar-refractivity contribution in [1.29, 1.82) is 0 Å². The number of ether oxygens (including phenoxy) is 3. The van der Waals surface area contributed by atoms with Gasteiger partial charge in [-0.25, -0.2) is 0 Å². The number of carbonyl (C=O) groups is 3. The molecule has 0 N–H and O–H groups in total. The Labute approximate surface area is 448 Å². The van der Waals surface area contributed by atoms with Gasteiger partial charge in [-0.1, -0.05) is 281 Å². The Kier molecular flexibility index (Phi) is 58.7. The number of hydrogen-bond donors (Lipinski definition) is 0. The van der Waals surface area contributed by atoms with Crippen molar-refractivity contribution in [3.8, 4) is 0 Å². The van der Waals surface area contributed by atoms with E-state index in [2.05, 4.69) is 69.4 Å². The molecular weight excluding hydrogens is 889 g/mol. The van der Waals surface area contributed by atoms with E-state index in [0.29, 0.717) is 19.3 Å². The van der Waals surface area contributed by atoms with Gasteiger partial charge in [0.15, 0.2) is 6.10 Å². The molecule has 0 aliphatic heterocycles. The summed E-state index contributed by atoms with van der Waals surface area (Å²) in [5, 5.41) is 0. The molecule has 1 unspecified atom stereocenters. The quantitative estimate of drug-likeness (QED) is 0.0261. The Balaban J connectivity index is 4.15. The molecule has 0 amide bonds. The molecule has 6 heteroatoms. The van der Waals surface area contributed by atoms with Crippen molar-refractivity contribution in [3.05, 3.63) is 48.6 Å². The fraction of sp³-hybridized carbons (Fsp3) is 0.833. The highest BCUT2D eigenvalue weighted by Gasteiger charge is 2.19. The third kappa shape index (κ3) is 58.3. The largest absolute Gasteiger partial charge is 0.462 e. The van der Waals surface area contributed by atoms with Crippen LogP contribution in [0, 0.1) is 0 Å². The van der Waals surface area contributed by atoms with Gasteiger partial charge in [-0.05, 0) is 83.5 Å². The second kappa shape index (κ2) is 60.9. The summed E-state index contributed by atoms with van der Waals surface area (Å²) in [4.78, 5) is 38.2. The molecule has 0 rings (SSSR count). The first kappa shape index (κ1) is 69.4. The van der Waals surface area contributed by atoms with Crippen LogP contribution < -0.4 is 0 Å². The molecule has 0 aromatic carbocycles. The number of esters is 3. The summed E-state index contributed by atoms with van der Waals surface area (Å²) in [6, 6.07) is 0. The highest BCUT2D eigenvalue weighted by molar-refractivity contribution is 5.71. The Morgan fingerprint density at radius 1 is 0.278 bits per heavy atom. The SMILES string of the molecule is CCCCCC/C=C\CCCCCCCC(=O)OC(COC(=O)CCCCCCCCCCCCCC)COC(=O)CCCCCCCCCCCCCCCC/C=C\C/C=C\C/C=C\CCCCCCC. The molecule has 420 valence electrons. The predicted octanol–water partition coefficient (Wildman–Crippen LogP) is 21.4. The van der Waals surface area contributed by atoms with Crippen LogP contribution in [0.4, 0.5) is 0 Å². The molecule has 0 saturated carbocycles. The Bertz CT molecular complexity index is 1250. The minimum absolute atomic E-state index is 0.0724. The fourth-order valence-corrected chi connectivity index (χ4v) is 9.27. The topological polar surface area (TPSA) is 78.9 Å². The summed E-state index contributed by atoms with van der Waals surface area (Å²) < 4.78 is 16.9. The maximum absolute atomic E-state index is 12.8. The summed E-state index contributed by atoms with van der Waals surface area (Å²) >= 11 is 0. The Morgan fingerprint density at radius 3 is 0.806 bits per heavy atom. The van der Waals surface area contributed by atoms with Gasteiger partial charge in [0.25, 0.3) is 0 Å². The van der Waals surface area contributed by atoms with Crippen LogP contribution in [-0.4, -0.2) is 37.2 Å². The Morgan fingerprint density at radius 2 is 0.500 bits per heavy atom. The van der Waals surface area contributed by atoms with E-state index in [0.717, 1.165) is 77.0 Å². The Hall–Kier alpha value is -2.63. The molecule has 0 aromatic rings. The van der Waals surface area contributed by atoms with Gasteiger partial charge in [0.1, 0.15) is 13.2 Å². The standard InChI is InChI=1S/C66H120O6/c1-4-7-10-13-16-19-22-25-26-27-28-29-30-31-32-33-34-35-36-37-38-39-40-42-44-47-50-53-56-59-65(68)71-62-63(61-70-64(67)58-55-52-49-46-43-24-21-18-15-12-9-6-3)72-66(69)60-57-54-51-48-45-41-23-20-17-14-11-8-5-2/h20,22-23,25,27-28,30-31,63H,4-19,21,24,26,29,32-62H2,1-3H3/b23-20-,25-22-,28-27-,31-30-. The molecule has 0 spiro atoms. The molecule has 72 heavy (non-hydrogen) atoms. The fourth-order valence-electron chi connectivity index (χ4n) is 9.27. The zero-order chi connectivity index (χ0) is 52.2. The van der Waals surface area contributed by atoms with Crippen LogP contribution in [-0.2, 0) is 28.6 Å². The van der Waals surface area contributed by atoms with Gasteiger partial charge in [-0.3, -0.25) is 14.4 Å². The van der Waals surface area contributed by atoms with E-state index in [1.165, 1.54) is 218 Å². The van der Waals surface area contributed by atoms with Gasteiger partial charge >= 0.3 is 17.9 Å². The number of allylic oxidation sites excluding steroid dienone is 8. The average Bonchev–Trinajstić information content (AvgIpc) is 3.38. The van der Waals surface area contributed by atoms with Gasteiger partial charge in [0, 0.05) is 19.3 Å². The van der Waals surface area contributed by atoms with Crippen LogP contribution in [0.25, 0.3) is 0 Å². The number of hydrogen-bond acceptors (Lipinski definition) is 6. The predicted molar refractivity (Wildman–Crippen MR) is 312 cm³/mol. The number of carbonyl (C=O) groups excluding carboxylic acids is 3. The number of rotatable bonds is 58. The van der Waals surface area contributed by atoms with Crippen LogP contribution in [0.3, 0.4) is 0 Å². The molecule has 0 heterocycles. The van der Waals surface area contributed by atoms with Gasteiger partial charge in [-0.2, -0.15) is 0 Å². The van der Waals surface area contributed by atoms with Crippen LogP contribution >= 0.6 is 0 Å². The summed E-state index contributed by atoms with van der Waals surface area (Å²) in [6.45, 7) is 6.64. The average molecular weight is 1010 g/mol. The van der Waals surface area contributed by atoms with Crippen LogP contribution in [0.2, 0.25) is 0 Å². The van der Waals surface area contributed by atoms with E-state index >= 15 is 0 Å². The summed E-state index contributed by atoms with van der Waals surface area (Å²) in [5.41, 5.74) is 0. The number of unbranched alkanes of at least 4 members (excludes halogenated alkanes) is 39. The molecule has 0 fully saturated rings. The molecule has 0 bridgehead atoms. The van der Waals surface area contributed by atoms with E-state index in [1.54, 1.807) is 0 Å². The molecule has 1 atom stereocenters. The second-order valence-corrected chi connectivity index (χ2v) is 21.3. The van der Waals surface area contributed by atoms with Crippen molar-refractivity contribution in [1.82, 2.24) is 0 Å². The van der Waals surface area contributed by atoms with Gasteiger partial charge < -0.3 is 14.2 Å². The lowest BCUT2D eigenvalue weighted by Crippen LogP contribution is -2.30. The zero-order valence-electron chi connectivity index (χ0n) is 48.2. The van der Waals surface area contributed by atoms with Crippen molar-refractivity contribution >= 4 is 17.9 Å². The maximum Gasteiger partial charge on any atom is 0.306 e. The normalized spacial score (nSPS) is 12.3. The molecule has 0 aromatic heterocycles.